The number of aromatic amines is 1. The number of carbonyl (C=O) groups is 1. The third-order valence-electron chi connectivity index (χ3n) is 6.02. The Kier molecular flexibility index (Phi) is 4.88. The molecule has 3 N–H and O–H groups in total. The molecule has 0 saturated carbocycles. The lowest BCUT2D eigenvalue weighted by Gasteiger charge is -2.33. The van der Waals surface area contributed by atoms with Crippen LogP contribution >= 0.6 is 0 Å². The Morgan fingerprint density at radius 2 is 2.07 bits per heavy atom. The van der Waals surface area contributed by atoms with Gasteiger partial charge in [0.25, 0.3) is 0 Å². The van der Waals surface area contributed by atoms with E-state index in [4.69, 9.17) is 4.74 Å². The van der Waals surface area contributed by atoms with Crippen LogP contribution < -0.4 is 10.1 Å². The first-order valence-corrected chi connectivity index (χ1v) is 9.44. The van der Waals surface area contributed by atoms with Gasteiger partial charge in [-0.2, -0.15) is 5.10 Å². The second kappa shape index (κ2) is 7.32. The van der Waals surface area contributed by atoms with E-state index >= 15 is 0 Å². The summed E-state index contributed by atoms with van der Waals surface area (Å²) in [6, 6.07) is 7.38. The Labute approximate surface area is 158 Å². The second-order valence-corrected chi connectivity index (χ2v) is 7.71. The summed E-state index contributed by atoms with van der Waals surface area (Å²) < 4.78 is 5.22. The molecule has 0 amide bonds. The number of nitrogens with zero attached hydrogens (tertiary/aromatic N) is 2. The van der Waals surface area contributed by atoms with E-state index in [2.05, 4.69) is 20.4 Å². The van der Waals surface area contributed by atoms with Crippen LogP contribution in [-0.4, -0.2) is 59.0 Å². The fraction of sp³-hybridized carbons (Fsp3) is 0.500. The number of methoxy groups -OCH3 is 1. The van der Waals surface area contributed by atoms with Crippen LogP contribution in [0.1, 0.15) is 24.8 Å². The molecule has 1 unspecified atom stereocenters. The van der Waals surface area contributed by atoms with Crippen molar-refractivity contribution in [2.45, 2.75) is 31.8 Å². The highest BCUT2D eigenvalue weighted by atomic mass is 16.5. The van der Waals surface area contributed by atoms with Crippen LogP contribution in [0.25, 0.3) is 11.3 Å². The van der Waals surface area contributed by atoms with Gasteiger partial charge >= 0.3 is 5.97 Å². The molecule has 2 fully saturated rings. The third-order valence-corrected chi connectivity index (χ3v) is 6.02. The molecule has 3 heterocycles. The molecule has 144 valence electrons. The molecule has 1 atom stereocenters. The fourth-order valence-corrected chi connectivity index (χ4v) is 4.53. The van der Waals surface area contributed by atoms with E-state index in [1.54, 1.807) is 7.11 Å². The number of benzene rings is 1. The molecule has 2 aliphatic heterocycles. The van der Waals surface area contributed by atoms with Gasteiger partial charge in [0.15, 0.2) is 0 Å². The lowest BCUT2D eigenvalue weighted by Crippen LogP contribution is -2.38. The Morgan fingerprint density at radius 3 is 2.74 bits per heavy atom. The third kappa shape index (κ3) is 3.57. The molecule has 1 aromatic heterocycles. The first kappa shape index (κ1) is 18.0. The van der Waals surface area contributed by atoms with Gasteiger partial charge in [-0.1, -0.05) is 0 Å². The molecule has 27 heavy (non-hydrogen) atoms. The minimum Gasteiger partial charge on any atom is -0.497 e. The van der Waals surface area contributed by atoms with Gasteiger partial charge in [-0.3, -0.25) is 14.8 Å². The van der Waals surface area contributed by atoms with Crippen molar-refractivity contribution in [3.63, 3.8) is 0 Å². The number of piperidine rings is 1. The van der Waals surface area contributed by atoms with Gasteiger partial charge < -0.3 is 15.2 Å². The molecule has 1 aromatic carbocycles. The molecule has 4 rings (SSSR count). The largest absolute Gasteiger partial charge is 0.497 e. The number of ether oxygens (including phenoxy) is 1. The van der Waals surface area contributed by atoms with E-state index in [1.165, 1.54) is 0 Å². The van der Waals surface area contributed by atoms with Crippen molar-refractivity contribution in [3.8, 4) is 17.0 Å². The number of H-pyrrole nitrogens is 1. The summed E-state index contributed by atoms with van der Waals surface area (Å²) in [5.74, 6) is 0.0815. The van der Waals surface area contributed by atoms with Gasteiger partial charge in [0.1, 0.15) is 11.8 Å². The lowest BCUT2D eigenvalue weighted by molar-refractivity contribution is -0.142. The first-order chi connectivity index (χ1) is 13.1. The summed E-state index contributed by atoms with van der Waals surface area (Å²) in [5, 5.41) is 20.5. The zero-order chi connectivity index (χ0) is 18.9. The zero-order valence-corrected chi connectivity index (χ0v) is 15.6. The minimum absolute atomic E-state index is 0.123. The van der Waals surface area contributed by atoms with Crippen LogP contribution in [0, 0.1) is 5.41 Å². The molecule has 7 heteroatoms. The molecule has 0 radical (unpaired) electrons. The summed E-state index contributed by atoms with van der Waals surface area (Å²) in [4.78, 5) is 14.0. The van der Waals surface area contributed by atoms with Crippen molar-refractivity contribution in [1.29, 1.82) is 0 Å². The van der Waals surface area contributed by atoms with Gasteiger partial charge in [-0.25, -0.2) is 0 Å². The van der Waals surface area contributed by atoms with Crippen molar-refractivity contribution in [2.24, 2.45) is 5.41 Å². The molecule has 1 spiro atoms. The van der Waals surface area contributed by atoms with E-state index < -0.39 is 12.0 Å². The SMILES string of the molecule is COc1ccc(-c2[nH]ncc2CN2CC3(CCNCC3)CC2C(=O)O)cc1. The normalized spacial score (nSPS) is 22.2. The Balaban J connectivity index is 1.56. The van der Waals surface area contributed by atoms with Crippen molar-refractivity contribution in [1.82, 2.24) is 20.4 Å². The number of likely N-dealkylation sites (tertiary alicyclic amines) is 1. The number of nitrogens with one attached hydrogen (secondary N) is 2. The van der Waals surface area contributed by atoms with E-state index in [0.717, 1.165) is 61.5 Å². The van der Waals surface area contributed by atoms with Gasteiger partial charge in [-0.15, -0.1) is 0 Å². The molecule has 2 aliphatic rings. The maximum atomic E-state index is 11.9. The summed E-state index contributed by atoms with van der Waals surface area (Å²) in [7, 11) is 1.65. The molecule has 0 bridgehead atoms. The van der Waals surface area contributed by atoms with E-state index in [-0.39, 0.29) is 5.41 Å². The van der Waals surface area contributed by atoms with E-state index in [1.807, 2.05) is 30.5 Å². The molecular formula is C20H26N4O3. The van der Waals surface area contributed by atoms with Crippen molar-refractivity contribution >= 4 is 5.97 Å². The fourth-order valence-electron chi connectivity index (χ4n) is 4.53. The van der Waals surface area contributed by atoms with Crippen LogP contribution in [0.5, 0.6) is 5.75 Å². The number of carboxylic acids is 1. The molecular weight excluding hydrogens is 344 g/mol. The predicted molar refractivity (Wildman–Crippen MR) is 102 cm³/mol. The maximum Gasteiger partial charge on any atom is 0.320 e. The average molecular weight is 370 g/mol. The number of aromatic nitrogens is 2. The van der Waals surface area contributed by atoms with Gasteiger partial charge in [0.05, 0.1) is 19.0 Å². The van der Waals surface area contributed by atoms with Crippen molar-refractivity contribution < 1.29 is 14.6 Å². The highest BCUT2D eigenvalue weighted by Crippen LogP contribution is 2.43. The number of hydrogen-bond donors (Lipinski definition) is 3. The lowest BCUT2D eigenvalue weighted by atomic mass is 9.77. The molecule has 0 aliphatic carbocycles. The van der Waals surface area contributed by atoms with Crippen LogP contribution in [0.2, 0.25) is 0 Å². The maximum absolute atomic E-state index is 11.9. The van der Waals surface area contributed by atoms with Gasteiger partial charge in [-0.05, 0) is 62.0 Å². The molecule has 2 saturated heterocycles. The van der Waals surface area contributed by atoms with E-state index in [0.29, 0.717) is 6.54 Å². The summed E-state index contributed by atoms with van der Waals surface area (Å²) in [5.41, 5.74) is 3.11. The molecule has 2 aromatic rings. The van der Waals surface area contributed by atoms with Gasteiger partial charge in [0, 0.05) is 24.2 Å². The smallest absolute Gasteiger partial charge is 0.320 e. The zero-order valence-electron chi connectivity index (χ0n) is 15.6. The van der Waals surface area contributed by atoms with E-state index in [9.17, 15) is 9.90 Å². The van der Waals surface area contributed by atoms with Crippen molar-refractivity contribution in [3.05, 3.63) is 36.0 Å². The number of aliphatic carboxylic acids is 1. The summed E-state index contributed by atoms with van der Waals surface area (Å²) >= 11 is 0. The van der Waals surface area contributed by atoms with Crippen LogP contribution in [0.15, 0.2) is 30.5 Å². The number of rotatable bonds is 5. The summed E-state index contributed by atoms with van der Waals surface area (Å²) in [6.45, 7) is 3.37. The Morgan fingerprint density at radius 1 is 1.33 bits per heavy atom. The predicted octanol–water partition coefficient (Wildman–Crippen LogP) is 2.11. The Bertz CT molecular complexity index is 796. The topological polar surface area (TPSA) is 90.5 Å². The minimum atomic E-state index is -0.722. The highest BCUT2D eigenvalue weighted by Gasteiger charge is 2.47. The average Bonchev–Trinajstić information content (AvgIpc) is 3.28. The quantitative estimate of drug-likeness (QED) is 0.747. The second-order valence-electron chi connectivity index (χ2n) is 7.71. The highest BCUT2D eigenvalue weighted by molar-refractivity contribution is 5.74. The first-order valence-electron chi connectivity index (χ1n) is 9.44. The monoisotopic (exact) mass is 370 g/mol. The standard InChI is InChI=1S/C20H26N4O3/c1-27-16-4-2-14(3-5-16)18-15(11-22-23-18)12-24-13-20(6-8-21-9-7-20)10-17(24)19(25)26/h2-5,11,17,21H,6-10,12-13H2,1H3,(H,22,23)(H,25,26). The number of hydrogen-bond acceptors (Lipinski definition) is 5. The summed E-state index contributed by atoms with van der Waals surface area (Å²) in [6.07, 6.45) is 4.64. The van der Waals surface area contributed by atoms with Crippen LogP contribution in [0.4, 0.5) is 0 Å². The van der Waals surface area contributed by atoms with Crippen LogP contribution in [-0.2, 0) is 11.3 Å². The van der Waals surface area contributed by atoms with Crippen LogP contribution in [0.3, 0.4) is 0 Å². The Hall–Kier alpha value is -2.38. The number of carboxylic acid groups (broad SMARTS) is 1. The molecule has 7 nitrogen and oxygen atoms in total. The van der Waals surface area contributed by atoms with Crippen molar-refractivity contribution in [2.75, 3.05) is 26.7 Å². The van der Waals surface area contributed by atoms with Gasteiger partial charge in [0.2, 0.25) is 0 Å².